The van der Waals surface area contributed by atoms with Crippen LogP contribution in [-0.2, 0) is 11.3 Å². The van der Waals surface area contributed by atoms with Crippen LogP contribution in [0.3, 0.4) is 0 Å². The molecule has 0 aromatic heterocycles. The van der Waals surface area contributed by atoms with E-state index in [4.69, 9.17) is 9.47 Å². The SMILES string of the molecule is O=C(CCNC(=O)c1ccc2ccccc2c1)NCc1ccc2c(c1)OCCO2. The minimum atomic E-state index is -0.185. The molecular formula is C23H22N2O4. The summed E-state index contributed by atoms with van der Waals surface area (Å²) in [7, 11) is 0. The summed E-state index contributed by atoms with van der Waals surface area (Å²) in [5, 5.41) is 7.75. The van der Waals surface area contributed by atoms with Crippen LogP contribution in [0, 0.1) is 0 Å². The van der Waals surface area contributed by atoms with E-state index < -0.39 is 0 Å². The zero-order valence-electron chi connectivity index (χ0n) is 15.9. The first-order valence-electron chi connectivity index (χ1n) is 9.61. The number of fused-ring (bicyclic) bond motifs is 2. The molecule has 4 rings (SSSR count). The molecule has 0 spiro atoms. The highest BCUT2D eigenvalue weighted by molar-refractivity contribution is 5.98. The molecule has 1 heterocycles. The van der Waals surface area contributed by atoms with E-state index >= 15 is 0 Å². The monoisotopic (exact) mass is 390 g/mol. The summed E-state index contributed by atoms with van der Waals surface area (Å²) in [5.41, 5.74) is 1.52. The van der Waals surface area contributed by atoms with Crippen LogP contribution in [0.1, 0.15) is 22.3 Å². The molecule has 6 nitrogen and oxygen atoms in total. The second-order valence-electron chi connectivity index (χ2n) is 6.82. The van der Waals surface area contributed by atoms with Crippen molar-refractivity contribution in [2.45, 2.75) is 13.0 Å². The molecule has 0 aliphatic carbocycles. The molecule has 29 heavy (non-hydrogen) atoms. The fraction of sp³-hybridized carbons (Fsp3) is 0.217. The number of nitrogens with one attached hydrogen (secondary N) is 2. The molecule has 1 aliphatic heterocycles. The van der Waals surface area contributed by atoms with Gasteiger partial charge in [-0.1, -0.05) is 36.4 Å². The summed E-state index contributed by atoms with van der Waals surface area (Å²) in [4.78, 5) is 24.4. The van der Waals surface area contributed by atoms with Gasteiger partial charge in [0.05, 0.1) is 0 Å². The van der Waals surface area contributed by atoms with Crippen molar-refractivity contribution in [3.63, 3.8) is 0 Å². The normalized spacial score (nSPS) is 12.4. The van der Waals surface area contributed by atoms with Crippen LogP contribution >= 0.6 is 0 Å². The Kier molecular flexibility index (Phi) is 5.61. The zero-order valence-corrected chi connectivity index (χ0v) is 15.9. The number of carbonyl (C=O) groups is 2. The predicted octanol–water partition coefficient (Wildman–Crippen LogP) is 3.05. The molecule has 0 saturated heterocycles. The largest absolute Gasteiger partial charge is 0.486 e. The Morgan fingerprint density at radius 2 is 1.62 bits per heavy atom. The van der Waals surface area contributed by atoms with Gasteiger partial charge in [0, 0.05) is 25.1 Å². The van der Waals surface area contributed by atoms with Gasteiger partial charge in [0.2, 0.25) is 5.91 Å². The molecule has 2 N–H and O–H groups in total. The van der Waals surface area contributed by atoms with E-state index in [1.807, 2.05) is 54.6 Å². The maximum atomic E-state index is 12.3. The Morgan fingerprint density at radius 1 is 0.828 bits per heavy atom. The Bertz CT molecular complexity index is 1050. The van der Waals surface area contributed by atoms with Gasteiger partial charge in [0.25, 0.3) is 5.91 Å². The Hall–Kier alpha value is -3.54. The molecule has 3 aromatic carbocycles. The number of hydrogen-bond donors (Lipinski definition) is 2. The highest BCUT2D eigenvalue weighted by Crippen LogP contribution is 2.30. The van der Waals surface area contributed by atoms with Crippen molar-refractivity contribution in [2.24, 2.45) is 0 Å². The molecule has 0 radical (unpaired) electrons. The number of carbonyl (C=O) groups excluding carboxylic acids is 2. The Labute approximate surface area is 168 Å². The minimum absolute atomic E-state index is 0.126. The molecule has 3 aromatic rings. The maximum absolute atomic E-state index is 12.3. The fourth-order valence-corrected chi connectivity index (χ4v) is 3.21. The molecular weight excluding hydrogens is 368 g/mol. The second kappa shape index (κ2) is 8.65. The summed E-state index contributed by atoms with van der Waals surface area (Å²) in [6.07, 6.45) is 0.212. The highest BCUT2D eigenvalue weighted by Gasteiger charge is 2.12. The first-order chi connectivity index (χ1) is 14.2. The molecule has 0 bridgehead atoms. The van der Waals surface area contributed by atoms with E-state index in [0.717, 1.165) is 22.1 Å². The van der Waals surface area contributed by atoms with Gasteiger partial charge in [-0.05, 0) is 40.6 Å². The standard InChI is InChI=1S/C23H22N2O4/c26-22(25-15-16-5-8-20-21(13-16)29-12-11-28-20)9-10-24-23(27)19-7-6-17-3-1-2-4-18(17)14-19/h1-8,13-14H,9-12,15H2,(H,24,27)(H,25,26). The van der Waals surface area contributed by atoms with Gasteiger partial charge in [-0.15, -0.1) is 0 Å². The lowest BCUT2D eigenvalue weighted by Crippen LogP contribution is -2.30. The number of rotatable bonds is 6. The first-order valence-corrected chi connectivity index (χ1v) is 9.61. The third kappa shape index (κ3) is 4.66. The average Bonchev–Trinajstić information content (AvgIpc) is 2.77. The predicted molar refractivity (Wildman–Crippen MR) is 110 cm³/mol. The number of ether oxygens (including phenoxy) is 2. The van der Waals surface area contributed by atoms with E-state index in [1.165, 1.54) is 0 Å². The molecule has 1 aliphatic rings. The van der Waals surface area contributed by atoms with E-state index in [2.05, 4.69) is 10.6 Å². The number of amides is 2. The molecule has 2 amide bonds. The van der Waals surface area contributed by atoms with Gasteiger partial charge in [0.1, 0.15) is 13.2 Å². The van der Waals surface area contributed by atoms with Gasteiger partial charge >= 0.3 is 0 Å². The third-order valence-corrected chi connectivity index (χ3v) is 4.75. The summed E-state index contributed by atoms with van der Waals surface area (Å²) in [6.45, 7) is 1.75. The Balaban J connectivity index is 1.23. The van der Waals surface area contributed by atoms with Crippen molar-refractivity contribution < 1.29 is 19.1 Å². The van der Waals surface area contributed by atoms with Crippen LogP contribution < -0.4 is 20.1 Å². The quantitative estimate of drug-likeness (QED) is 0.678. The van der Waals surface area contributed by atoms with Crippen molar-refractivity contribution in [2.75, 3.05) is 19.8 Å². The summed E-state index contributed by atoms with van der Waals surface area (Å²) in [5.74, 6) is 1.11. The molecule has 0 fully saturated rings. The molecule has 148 valence electrons. The van der Waals surface area contributed by atoms with Gasteiger partial charge < -0.3 is 20.1 Å². The highest BCUT2D eigenvalue weighted by atomic mass is 16.6. The second-order valence-corrected chi connectivity index (χ2v) is 6.82. The summed E-state index contributed by atoms with van der Waals surface area (Å²) >= 11 is 0. The fourth-order valence-electron chi connectivity index (χ4n) is 3.21. The third-order valence-electron chi connectivity index (χ3n) is 4.75. The summed E-state index contributed by atoms with van der Waals surface area (Å²) in [6, 6.07) is 19.1. The van der Waals surface area contributed by atoms with E-state index in [-0.39, 0.29) is 24.8 Å². The number of benzene rings is 3. The Morgan fingerprint density at radius 3 is 2.48 bits per heavy atom. The van der Waals surface area contributed by atoms with Crippen molar-refractivity contribution in [3.05, 3.63) is 71.8 Å². The number of hydrogen-bond acceptors (Lipinski definition) is 4. The van der Waals surface area contributed by atoms with Crippen LogP contribution in [0.15, 0.2) is 60.7 Å². The maximum Gasteiger partial charge on any atom is 0.251 e. The zero-order chi connectivity index (χ0) is 20.1. The van der Waals surface area contributed by atoms with Gasteiger partial charge in [-0.3, -0.25) is 9.59 Å². The van der Waals surface area contributed by atoms with E-state index in [1.54, 1.807) is 6.07 Å². The molecule has 0 unspecified atom stereocenters. The van der Waals surface area contributed by atoms with Gasteiger partial charge in [-0.2, -0.15) is 0 Å². The van der Waals surface area contributed by atoms with Crippen molar-refractivity contribution in [1.82, 2.24) is 10.6 Å². The van der Waals surface area contributed by atoms with E-state index in [9.17, 15) is 9.59 Å². The van der Waals surface area contributed by atoms with Crippen molar-refractivity contribution in [3.8, 4) is 11.5 Å². The van der Waals surface area contributed by atoms with Gasteiger partial charge in [0.15, 0.2) is 11.5 Å². The van der Waals surface area contributed by atoms with Crippen molar-refractivity contribution in [1.29, 1.82) is 0 Å². The summed E-state index contributed by atoms with van der Waals surface area (Å²) < 4.78 is 11.0. The lowest BCUT2D eigenvalue weighted by molar-refractivity contribution is -0.121. The van der Waals surface area contributed by atoms with Crippen LogP contribution in [0.2, 0.25) is 0 Å². The lowest BCUT2D eigenvalue weighted by atomic mass is 10.1. The topological polar surface area (TPSA) is 76.7 Å². The smallest absolute Gasteiger partial charge is 0.251 e. The molecule has 6 heteroatoms. The van der Waals surface area contributed by atoms with Crippen LogP contribution in [-0.4, -0.2) is 31.6 Å². The lowest BCUT2D eigenvalue weighted by Gasteiger charge is -2.19. The van der Waals surface area contributed by atoms with Crippen LogP contribution in [0.5, 0.6) is 11.5 Å². The molecule has 0 saturated carbocycles. The van der Waals surface area contributed by atoms with Gasteiger partial charge in [-0.25, -0.2) is 0 Å². The average molecular weight is 390 g/mol. The van der Waals surface area contributed by atoms with Crippen LogP contribution in [0.25, 0.3) is 10.8 Å². The van der Waals surface area contributed by atoms with Crippen molar-refractivity contribution >= 4 is 22.6 Å². The first kappa shape index (κ1) is 18.8. The van der Waals surface area contributed by atoms with Crippen LogP contribution in [0.4, 0.5) is 0 Å². The van der Waals surface area contributed by atoms with E-state index in [0.29, 0.717) is 31.1 Å². The minimum Gasteiger partial charge on any atom is -0.486 e. The molecule has 0 atom stereocenters.